The van der Waals surface area contributed by atoms with E-state index in [1.54, 1.807) is 18.2 Å². The number of nitrogens with zero attached hydrogens (tertiary/aromatic N) is 1. The predicted molar refractivity (Wildman–Crippen MR) is 41.5 cm³/mol. The van der Waals surface area contributed by atoms with Gasteiger partial charge in [-0.2, -0.15) is 0 Å². The van der Waals surface area contributed by atoms with Gasteiger partial charge in [0.15, 0.2) is 0 Å². The zero-order valence-corrected chi connectivity index (χ0v) is 6.18. The average molecular weight is 168 g/mol. The van der Waals surface area contributed by atoms with Gasteiger partial charge >= 0.3 is 5.85 Å². The van der Waals surface area contributed by atoms with Crippen LogP contribution >= 0.6 is 0 Å². The van der Waals surface area contributed by atoms with Crippen molar-refractivity contribution in [1.82, 2.24) is 0 Å². The van der Waals surface area contributed by atoms with Gasteiger partial charge in [-0.15, -0.1) is 0 Å². The van der Waals surface area contributed by atoms with E-state index in [2.05, 4.69) is 0 Å². The van der Waals surface area contributed by atoms with Gasteiger partial charge in [0.2, 0.25) is 0 Å². The molecule has 0 fully saturated rings. The summed E-state index contributed by atoms with van der Waals surface area (Å²) in [4.78, 5) is 9.31. The zero-order valence-electron chi connectivity index (χ0n) is 6.18. The Morgan fingerprint density at radius 1 is 1.42 bits per heavy atom. The molecule has 0 heterocycles. The molecular weight excluding hydrogens is 160 g/mol. The van der Waals surface area contributed by atoms with Crippen LogP contribution in [0.3, 0.4) is 0 Å². The Kier molecular flexibility index (Phi) is 2.07. The number of rotatable bonds is 2. The molecule has 1 unspecified atom stereocenters. The maximum absolute atomic E-state index is 10.3. The van der Waals surface area contributed by atoms with Crippen molar-refractivity contribution in [2.75, 3.05) is 0 Å². The highest BCUT2D eigenvalue weighted by atomic mass is 16.7. The standard InChI is InChI=1S/C7H8N2O3/c8-7(10,9(11)12)6-4-2-1-3-5-6/h1-5,10H,8H2. The second-order valence-corrected chi connectivity index (χ2v) is 2.35. The number of hydrogen-bond donors (Lipinski definition) is 2. The first-order chi connectivity index (χ1) is 5.55. The van der Waals surface area contributed by atoms with E-state index in [1.807, 2.05) is 0 Å². The van der Waals surface area contributed by atoms with Crippen LogP contribution < -0.4 is 5.73 Å². The SMILES string of the molecule is NC(O)(c1ccccc1)[N+](=O)[O-]. The smallest absolute Gasteiger partial charge is 0.313 e. The number of nitro groups is 1. The maximum Gasteiger partial charge on any atom is 0.408 e. The average Bonchev–Trinajstić information content (AvgIpc) is 2.06. The number of nitrogens with two attached hydrogens (primary N) is 1. The fourth-order valence-corrected chi connectivity index (χ4v) is 0.789. The molecule has 0 aliphatic carbocycles. The van der Waals surface area contributed by atoms with Crippen molar-refractivity contribution in [1.29, 1.82) is 0 Å². The molecule has 64 valence electrons. The number of benzene rings is 1. The summed E-state index contributed by atoms with van der Waals surface area (Å²) in [6.07, 6.45) is 0. The van der Waals surface area contributed by atoms with Gasteiger partial charge in [-0.05, 0) is 12.1 Å². The van der Waals surface area contributed by atoms with Crippen LogP contribution in [0.25, 0.3) is 0 Å². The first-order valence-electron chi connectivity index (χ1n) is 3.26. The van der Waals surface area contributed by atoms with Gasteiger partial charge in [0.05, 0.1) is 10.5 Å². The lowest BCUT2D eigenvalue weighted by molar-refractivity contribution is -0.635. The first-order valence-corrected chi connectivity index (χ1v) is 3.26. The highest BCUT2D eigenvalue weighted by Gasteiger charge is 2.37. The molecule has 0 bridgehead atoms. The third kappa shape index (κ3) is 1.41. The lowest BCUT2D eigenvalue weighted by Crippen LogP contribution is -2.44. The zero-order chi connectivity index (χ0) is 9.19. The van der Waals surface area contributed by atoms with Crippen molar-refractivity contribution in [3.05, 3.63) is 46.0 Å². The summed E-state index contributed by atoms with van der Waals surface area (Å²) in [6.45, 7) is 0. The topological polar surface area (TPSA) is 89.4 Å². The molecule has 0 aliphatic rings. The Hall–Kier alpha value is -1.46. The minimum absolute atomic E-state index is 0.0648. The van der Waals surface area contributed by atoms with E-state index in [0.717, 1.165) is 0 Å². The Bertz CT molecular complexity index is 284. The molecular formula is C7H8N2O3. The highest BCUT2D eigenvalue weighted by molar-refractivity contribution is 5.18. The van der Waals surface area contributed by atoms with Gasteiger partial charge in [0.25, 0.3) is 0 Å². The summed E-state index contributed by atoms with van der Waals surface area (Å²) in [6, 6.07) is 7.60. The van der Waals surface area contributed by atoms with Crippen LogP contribution in [0, 0.1) is 10.1 Å². The predicted octanol–water partition coefficient (Wildman–Crippen LogP) is 0.0246. The van der Waals surface area contributed by atoms with Crippen molar-refractivity contribution in [2.45, 2.75) is 5.85 Å². The van der Waals surface area contributed by atoms with Crippen LogP contribution in [-0.4, -0.2) is 10.0 Å². The van der Waals surface area contributed by atoms with E-state index in [0.29, 0.717) is 0 Å². The van der Waals surface area contributed by atoms with Crippen molar-refractivity contribution in [3.63, 3.8) is 0 Å². The fourth-order valence-electron chi connectivity index (χ4n) is 0.789. The molecule has 12 heavy (non-hydrogen) atoms. The molecule has 0 saturated heterocycles. The van der Waals surface area contributed by atoms with Crippen molar-refractivity contribution < 1.29 is 10.0 Å². The molecule has 0 spiro atoms. The van der Waals surface area contributed by atoms with Crippen LogP contribution in [0.4, 0.5) is 0 Å². The minimum Gasteiger partial charge on any atom is -0.313 e. The van der Waals surface area contributed by atoms with E-state index in [-0.39, 0.29) is 5.56 Å². The van der Waals surface area contributed by atoms with E-state index in [1.165, 1.54) is 12.1 Å². The van der Waals surface area contributed by atoms with Gasteiger partial charge in [-0.25, -0.2) is 5.73 Å². The van der Waals surface area contributed by atoms with Gasteiger partial charge in [0.1, 0.15) is 0 Å². The third-order valence-corrected chi connectivity index (χ3v) is 1.48. The van der Waals surface area contributed by atoms with Gasteiger partial charge in [0, 0.05) is 0 Å². The highest BCUT2D eigenvalue weighted by Crippen LogP contribution is 2.14. The van der Waals surface area contributed by atoms with Crippen LogP contribution in [0.15, 0.2) is 30.3 Å². The Balaban J connectivity index is 3.06. The lowest BCUT2D eigenvalue weighted by Gasteiger charge is -2.12. The van der Waals surface area contributed by atoms with E-state index >= 15 is 0 Å². The molecule has 0 amide bonds. The molecule has 0 saturated carbocycles. The third-order valence-electron chi connectivity index (χ3n) is 1.48. The van der Waals surface area contributed by atoms with Gasteiger partial charge in [-0.1, -0.05) is 18.2 Å². The van der Waals surface area contributed by atoms with Crippen LogP contribution in [0.2, 0.25) is 0 Å². The maximum atomic E-state index is 10.3. The molecule has 1 aromatic rings. The van der Waals surface area contributed by atoms with Crippen LogP contribution in [0.5, 0.6) is 0 Å². The lowest BCUT2D eigenvalue weighted by atomic mass is 10.1. The largest absolute Gasteiger partial charge is 0.408 e. The molecule has 5 heteroatoms. The Morgan fingerprint density at radius 3 is 2.33 bits per heavy atom. The molecule has 0 aromatic heterocycles. The van der Waals surface area contributed by atoms with Gasteiger partial charge in [-0.3, -0.25) is 10.1 Å². The molecule has 1 rings (SSSR count). The summed E-state index contributed by atoms with van der Waals surface area (Å²) >= 11 is 0. The normalized spacial score (nSPS) is 15.2. The minimum atomic E-state index is -2.48. The van der Waals surface area contributed by atoms with E-state index in [9.17, 15) is 10.1 Å². The monoisotopic (exact) mass is 168 g/mol. The Morgan fingerprint density at radius 2 is 1.92 bits per heavy atom. The molecule has 0 aliphatic heterocycles. The number of aliphatic hydroxyl groups is 1. The molecule has 5 nitrogen and oxygen atoms in total. The molecule has 1 atom stereocenters. The Labute approximate surface area is 68.6 Å². The molecule has 0 radical (unpaired) electrons. The molecule has 1 aromatic carbocycles. The summed E-state index contributed by atoms with van der Waals surface area (Å²) in [5.41, 5.74) is 5.10. The van der Waals surface area contributed by atoms with Crippen molar-refractivity contribution >= 4 is 0 Å². The summed E-state index contributed by atoms with van der Waals surface area (Å²) in [5.74, 6) is -2.48. The second kappa shape index (κ2) is 2.88. The molecule has 3 N–H and O–H groups in total. The fraction of sp³-hybridized carbons (Fsp3) is 0.143. The second-order valence-electron chi connectivity index (χ2n) is 2.35. The van der Waals surface area contributed by atoms with Gasteiger partial charge < -0.3 is 5.11 Å². The quantitative estimate of drug-likeness (QED) is 0.370. The van der Waals surface area contributed by atoms with Crippen LogP contribution in [0.1, 0.15) is 5.56 Å². The van der Waals surface area contributed by atoms with E-state index < -0.39 is 10.8 Å². The van der Waals surface area contributed by atoms with Crippen molar-refractivity contribution in [2.24, 2.45) is 5.73 Å². The van der Waals surface area contributed by atoms with E-state index in [4.69, 9.17) is 10.8 Å². The van der Waals surface area contributed by atoms with Crippen molar-refractivity contribution in [3.8, 4) is 0 Å². The number of hydrogen-bond acceptors (Lipinski definition) is 4. The summed E-state index contributed by atoms with van der Waals surface area (Å²) in [7, 11) is 0. The first kappa shape index (κ1) is 8.63. The van der Waals surface area contributed by atoms with Crippen LogP contribution in [-0.2, 0) is 5.85 Å². The summed E-state index contributed by atoms with van der Waals surface area (Å²) < 4.78 is 0. The summed E-state index contributed by atoms with van der Waals surface area (Å²) in [5, 5.41) is 19.4.